The van der Waals surface area contributed by atoms with E-state index in [1.165, 1.54) is 22.6 Å². The Morgan fingerprint density at radius 3 is 2.90 bits per heavy atom. The first-order valence-electron chi connectivity index (χ1n) is 7.93. The number of hydrogen-bond donors (Lipinski definition) is 0. The molecule has 21 heavy (non-hydrogen) atoms. The van der Waals surface area contributed by atoms with E-state index in [1.54, 1.807) is 5.57 Å². The minimum Gasteiger partial charge on any atom is -0.493 e. The van der Waals surface area contributed by atoms with Crippen LogP contribution in [0.15, 0.2) is 41.3 Å². The third kappa shape index (κ3) is 4.16. The van der Waals surface area contributed by atoms with E-state index in [0.717, 1.165) is 30.8 Å². The largest absolute Gasteiger partial charge is 0.493 e. The van der Waals surface area contributed by atoms with Gasteiger partial charge in [0, 0.05) is 10.7 Å². The van der Waals surface area contributed by atoms with Gasteiger partial charge in [-0.2, -0.15) is 0 Å². The Bertz CT molecular complexity index is 530. The lowest BCUT2D eigenvalue weighted by Gasteiger charge is -2.13. The van der Waals surface area contributed by atoms with Crippen LogP contribution in [0.25, 0.3) is 5.57 Å². The van der Waals surface area contributed by atoms with Gasteiger partial charge in [-0.15, -0.1) is 11.8 Å². The molecule has 1 aromatic rings. The normalized spacial score (nSPS) is 16.1. The maximum absolute atomic E-state index is 5.90. The fraction of sp³-hybridized carbons (Fsp3) is 0.474. The number of rotatable bonds is 7. The lowest BCUT2D eigenvalue weighted by molar-refractivity contribution is 0.256. The molecule has 1 aliphatic heterocycles. The third-order valence-electron chi connectivity index (χ3n) is 4.09. The summed E-state index contributed by atoms with van der Waals surface area (Å²) < 4.78 is 5.90. The standard InChI is InChI=1S/C19H26OS/c1-5-14(3)13-20-18-9-7-8-17(12-18)15(4)19-16(6-2)10-11-21-19/h7-9,12,14H,4-6,10-11,13H2,1-3H3. The molecule has 1 atom stereocenters. The van der Waals surface area contributed by atoms with E-state index in [0.29, 0.717) is 5.92 Å². The number of hydrogen-bond acceptors (Lipinski definition) is 2. The molecule has 1 heterocycles. The predicted octanol–water partition coefficient (Wildman–Crippen LogP) is 5.93. The summed E-state index contributed by atoms with van der Waals surface area (Å²) in [6.07, 6.45) is 3.49. The van der Waals surface area contributed by atoms with Crippen LogP contribution < -0.4 is 4.74 Å². The summed E-state index contributed by atoms with van der Waals surface area (Å²) in [6, 6.07) is 8.37. The quantitative estimate of drug-likeness (QED) is 0.617. The summed E-state index contributed by atoms with van der Waals surface area (Å²) >= 11 is 1.94. The highest BCUT2D eigenvalue weighted by molar-refractivity contribution is 8.03. The van der Waals surface area contributed by atoms with Gasteiger partial charge in [0.1, 0.15) is 5.75 Å². The molecule has 0 N–H and O–H groups in total. The van der Waals surface area contributed by atoms with Gasteiger partial charge in [0.15, 0.2) is 0 Å². The van der Waals surface area contributed by atoms with Gasteiger partial charge >= 0.3 is 0 Å². The Balaban J connectivity index is 2.12. The third-order valence-corrected chi connectivity index (χ3v) is 5.32. The van der Waals surface area contributed by atoms with Gasteiger partial charge < -0.3 is 4.74 Å². The van der Waals surface area contributed by atoms with E-state index in [1.807, 2.05) is 17.8 Å². The SMILES string of the molecule is C=C(C1=C(CC)CCS1)c1cccc(OCC(C)CC)c1. The Hall–Kier alpha value is -1.15. The molecule has 0 aromatic heterocycles. The van der Waals surface area contributed by atoms with Crippen molar-refractivity contribution < 1.29 is 4.74 Å². The zero-order valence-electron chi connectivity index (χ0n) is 13.4. The average molecular weight is 302 g/mol. The van der Waals surface area contributed by atoms with Crippen LogP contribution in [0.1, 0.15) is 45.6 Å². The maximum Gasteiger partial charge on any atom is 0.119 e. The predicted molar refractivity (Wildman–Crippen MR) is 94.8 cm³/mol. The second-order valence-corrected chi connectivity index (χ2v) is 6.82. The molecule has 2 heteroatoms. The van der Waals surface area contributed by atoms with Crippen molar-refractivity contribution >= 4 is 17.3 Å². The fourth-order valence-electron chi connectivity index (χ4n) is 2.39. The first kappa shape index (κ1) is 16.2. The molecule has 1 unspecified atom stereocenters. The lowest BCUT2D eigenvalue weighted by atomic mass is 10.0. The molecule has 0 bridgehead atoms. The molecule has 0 saturated carbocycles. The number of ether oxygens (including phenoxy) is 1. The van der Waals surface area contributed by atoms with Crippen LogP contribution >= 0.6 is 11.8 Å². The molecule has 1 aromatic carbocycles. The fourth-order valence-corrected chi connectivity index (χ4v) is 3.69. The highest BCUT2D eigenvalue weighted by Crippen LogP contribution is 2.41. The zero-order valence-corrected chi connectivity index (χ0v) is 14.3. The molecule has 1 nitrogen and oxygen atoms in total. The summed E-state index contributed by atoms with van der Waals surface area (Å²) in [7, 11) is 0. The van der Waals surface area contributed by atoms with E-state index >= 15 is 0 Å². The smallest absolute Gasteiger partial charge is 0.119 e. The second kappa shape index (κ2) is 7.74. The maximum atomic E-state index is 5.90. The molecular weight excluding hydrogens is 276 g/mol. The number of benzene rings is 1. The first-order valence-corrected chi connectivity index (χ1v) is 8.91. The van der Waals surface area contributed by atoms with Crippen LogP contribution in [0, 0.1) is 5.92 Å². The van der Waals surface area contributed by atoms with Gasteiger partial charge in [-0.25, -0.2) is 0 Å². The van der Waals surface area contributed by atoms with Gasteiger partial charge in [-0.05, 0) is 42.0 Å². The molecule has 1 aliphatic rings. The molecule has 0 spiro atoms. The van der Waals surface area contributed by atoms with Crippen molar-refractivity contribution in [3.05, 3.63) is 46.9 Å². The highest BCUT2D eigenvalue weighted by atomic mass is 32.2. The van der Waals surface area contributed by atoms with Crippen molar-refractivity contribution in [1.82, 2.24) is 0 Å². The van der Waals surface area contributed by atoms with Crippen LogP contribution in [0.5, 0.6) is 5.75 Å². The molecule has 0 radical (unpaired) electrons. The average Bonchev–Trinajstić information content (AvgIpc) is 3.00. The van der Waals surface area contributed by atoms with Crippen LogP contribution in [0.3, 0.4) is 0 Å². The lowest BCUT2D eigenvalue weighted by Crippen LogP contribution is -2.07. The van der Waals surface area contributed by atoms with Gasteiger partial charge in [0.2, 0.25) is 0 Å². The van der Waals surface area contributed by atoms with Crippen molar-refractivity contribution in [1.29, 1.82) is 0 Å². The monoisotopic (exact) mass is 302 g/mol. The summed E-state index contributed by atoms with van der Waals surface area (Å²) in [6.45, 7) is 11.8. The van der Waals surface area contributed by atoms with E-state index < -0.39 is 0 Å². The highest BCUT2D eigenvalue weighted by Gasteiger charge is 2.17. The molecule has 2 rings (SSSR count). The first-order chi connectivity index (χ1) is 10.2. The van der Waals surface area contributed by atoms with Crippen LogP contribution in [-0.2, 0) is 0 Å². The van der Waals surface area contributed by atoms with E-state index in [2.05, 4.69) is 45.5 Å². The van der Waals surface area contributed by atoms with E-state index in [9.17, 15) is 0 Å². The Labute approximate surface area is 133 Å². The molecular formula is C19H26OS. The molecule has 0 amide bonds. The summed E-state index contributed by atoms with van der Waals surface area (Å²) in [5.41, 5.74) is 3.89. The van der Waals surface area contributed by atoms with Gasteiger partial charge in [-0.1, -0.05) is 51.5 Å². The molecule has 0 saturated heterocycles. The zero-order chi connectivity index (χ0) is 15.2. The Morgan fingerprint density at radius 1 is 1.38 bits per heavy atom. The molecule has 0 fully saturated rings. The Kier molecular flexibility index (Phi) is 5.98. The van der Waals surface area contributed by atoms with Crippen LogP contribution in [0.2, 0.25) is 0 Å². The summed E-state index contributed by atoms with van der Waals surface area (Å²) in [5.74, 6) is 2.74. The number of thioether (sulfide) groups is 1. The van der Waals surface area contributed by atoms with E-state index in [-0.39, 0.29) is 0 Å². The van der Waals surface area contributed by atoms with Crippen molar-refractivity contribution in [2.75, 3.05) is 12.4 Å². The second-order valence-electron chi connectivity index (χ2n) is 5.72. The minimum absolute atomic E-state index is 0.594. The van der Waals surface area contributed by atoms with Crippen molar-refractivity contribution in [2.45, 2.75) is 40.0 Å². The van der Waals surface area contributed by atoms with Gasteiger partial charge in [0.05, 0.1) is 6.61 Å². The van der Waals surface area contributed by atoms with Gasteiger partial charge in [-0.3, -0.25) is 0 Å². The van der Waals surface area contributed by atoms with Crippen molar-refractivity contribution in [3.63, 3.8) is 0 Å². The summed E-state index contributed by atoms with van der Waals surface area (Å²) in [5, 5.41) is 0. The number of allylic oxidation sites excluding steroid dienone is 2. The van der Waals surface area contributed by atoms with Crippen molar-refractivity contribution in [2.24, 2.45) is 5.92 Å². The molecule has 0 aliphatic carbocycles. The topological polar surface area (TPSA) is 9.23 Å². The van der Waals surface area contributed by atoms with Crippen LogP contribution in [-0.4, -0.2) is 12.4 Å². The van der Waals surface area contributed by atoms with Crippen molar-refractivity contribution in [3.8, 4) is 5.75 Å². The summed E-state index contributed by atoms with van der Waals surface area (Å²) in [4.78, 5) is 1.40. The van der Waals surface area contributed by atoms with Crippen LogP contribution in [0.4, 0.5) is 0 Å². The van der Waals surface area contributed by atoms with Gasteiger partial charge in [0.25, 0.3) is 0 Å². The van der Waals surface area contributed by atoms with E-state index in [4.69, 9.17) is 4.74 Å². The Morgan fingerprint density at radius 2 is 2.19 bits per heavy atom. The molecule has 114 valence electrons. The minimum atomic E-state index is 0.594.